The average molecular weight is 297 g/mol. The third kappa shape index (κ3) is 3.78. The van der Waals surface area contributed by atoms with Crippen molar-refractivity contribution in [1.29, 1.82) is 0 Å². The summed E-state index contributed by atoms with van der Waals surface area (Å²) in [6, 6.07) is 6.13. The van der Waals surface area contributed by atoms with Gasteiger partial charge in [-0.05, 0) is 43.9 Å². The second-order valence-corrected chi connectivity index (χ2v) is 6.74. The Morgan fingerprint density at radius 2 is 1.85 bits per heavy atom. The Labute approximate surface area is 118 Å². The van der Waals surface area contributed by atoms with Crippen molar-refractivity contribution in [2.75, 3.05) is 5.32 Å². The van der Waals surface area contributed by atoms with Gasteiger partial charge in [0.15, 0.2) is 0 Å². The van der Waals surface area contributed by atoms with Crippen LogP contribution in [0.3, 0.4) is 0 Å². The Morgan fingerprint density at radius 1 is 1.20 bits per heavy atom. The molecule has 1 aromatic rings. The summed E-state index contributed by atoms with van der Waals surface area (Å²) in [4.78, 5) is 12.1. The predicted molar refractivity (Wildman–Crippen MR) is 76.4 cm³/mol. The lowest BCUT2D eigenvalue weighted by Crippen LogP contribution is -2.32. The van der Waals surface area contributed by atoms with Gasteiger partial charge in [-0.1, -0.05) is 6.07 Å². The van der Waals surface area contributed by atoms with E-state index in [0.717, 1.165) is 25.7 Å². The lowest BCUT2D eigenvalue weighted by atomic mass is 9.86. The number of carbonyl (C=O) groups excluding carboxylic acids is 1. The van der Waals surface area contributed by atoms with Gasteiger partial charge >= 0.3 is 0 Å². The zero-order valence-corrected chi connectivity index (χ0v) is 11.9. The predicted octanol–water partition coefficient (Wildman–Crippen LogP) is 0.790. The number of benzene rings is 1. The summed E-state index contributed by atoms with van der Waals surface area (Å²) in [5, 5.41) is 7.80. The quantitative estimate of drug-likeness (QED) is 0.765. The van der Waals surface area contributed by atoms with Crippen LogP contribution in [0, 0.1) is 5.92 Å². The highest BCUT2D eigenvalue weighted by molar-refractivity contribution is 7.89. The fourth-order valence-corrected chi connectivity index (χ4v) is 2.94. The molecule has 0 saturated heterocycles. The molecule has 0 spiro atoms. The Hall–Kier alpha value is -1.44. The number of primary sulfonamides is 1. The van der Waals surface area contributed by atoms with E-state index < -0.39 is 10.0 Å². The molecule has 110 valence electrons. The van der Waals surface area contributed by atoms with Crippen molar-refractivity contribution in [1.82, 2.24) is 0 Å². The van der Waals surface area contributed by atoms with Gasteiger partial charge < -0.3 is 11.1 Å². The van der Waals surface area contributed by atoms with Crippen LogP contribution >= 0.6 is 0 Å². The number of anilines is 1. The molecule has 6 nitrogen and oxygen atoms in total. The van der Waals surface area contributed by atoms with Gasteiger partial charge in [0, 0.05) is 17.6 Å². The molecule has 20 heavy (non-hydrogen) atoms. The summed E-state index contributed by atoms with van der Waals surface area (Å²) in [5.41, 5.74) is 6.25. The number of carbonyl (C=O) groups is 1. The smallest absolute Gasteiger partial charge is 0.238 e. The van der Waals surface area contributed by atoms with Gasteiger partial charge in [-0.3, -0.25) is 4.79 Å². The molecule has 0 aromatic heterocycles. The third-order valence-corrected chi connectivity index (χ3v) is 4.48. The van der Waals surface area contributed by atoms with E-state index in [0.29, 0.717) is 5.69 Å². The van der Waals surface area contributed by atoms with E-state index >= 15 is 0 Å². The Bertz CT molecular complexity index is 593. The average Bonchev–Trinajstić information content (AvgIpc) is 2.38. The van der Waals surface area contributed by atoms with E-state index in [9.17, 15) is 13.2 Å². The van der Waals surface area contributed by atoms with Crippen molar-refractivity contribution in [3.63, 3.8) is 0 Å². The van der Waals surface area contributed by atoms with Crippen molar-refractivity contribution in [3.05, 3.63) is 24.3 Å². The van der Waals surface area contributed by atoms with Crippen molar-refractivity contribution < 1.29 is 13.2 Å². The van der Waals surface area contributed by atoms with Gasteiger partial charge in [-0.2, -0.15) is 0 Å². The number of nitrogens with one attached hydrogen (secondary N) is 1. The number of hydrogen-bond acceptors (Lipinski definition) is 4. The van der Waals surface area contributed by atoms with Gasteiger partial charge in [0.05, 0.1) is 4.90 Å². The number of rotatable bonds is 3. The monoisotopic (exact) mass is 297 g/mol. The molecule has 0 aliphatic heterocycles. The topological polar surface area (TPSA) is 115 Å². The van der Waals surface area contributed by atoms with E-state index in [1.807, 2.05) is 0 Å². The first kappa shape index (κ1) is 15.0. The summed E-state index contributed by atoms with van der Waals surface area (Å²) < 4.78 is 22.5. The lowest BCUT2D eigenvalue weighted by Gasteiger charge is -2.25. The standard InChI is InChI=1S/C13H19N3O3S/c14-10-6-4-9(5-7-10)13(17)16-11-2-1-3-12(8-11)20(15,18)19/h1-3,8-10H,4-7,14H2,(H,16,17)(H2,15,18,19). The molecule has 0 radical (unpaired) electrons. The molecule has 0 heterocycles. The van der Waals surface area contributed by atoms with Crippen LogP contribution in [0.2, 0.25) is 0 Å². The van der Waals surface area contributed by atoms with Crippen LogP contribution < -0.4 is 16.2 Å². The fourth-order valence-electron chi connectivity index (χ4n) is 2.38. The van der Waals surface area contributed by atoms with E-state index in [-0.39, 0.29) is 22.8 Å². The van der Waals surface area contributed by atoms with Gasteiger partial charge in [-0.25, -0.2) is 13.6 Å². The van der Waals surface area contributed by atoms with E-state index in [1.165, 1.54) is 12.1 Å². The molecule has 1 fully saturated rings. The summed E-state index contributed by atoms with van der Waals surface area (Å²) in [7, 11) is -3.76. The maximum atomic E-state index is 12.1. The Balaban J connectivity index is 2.05. The minimum atomic E-state index is -3.76. The number of sulfonamides is 1. The minimum Gasteiger partial charge on any atom is -0.328 e. The van der Waals surface area contributed by atoms with E-state index in [4.69, 9.17) is 10.9 Å². The molecule has 7 heteroatoms. The summed E-state index contributed by atoms with van der Waals surface area (Å²) in [6.07, 6.45) is 3.22. The second kappa shape index (κ2) is 5.90. The zero-order valence-electron chi connectivity index (χ0n) is 11.1. The van der Waals surface area contributed by atoms with Crippen LogP contribution in [-0.4, -0.2) is 20.4 Å². The first-order chi connectivity index (χ1) is 9.36. The van der Waals surface area contributed by atoms with Crippen molar-refractivity contribution in [3.8, 4) is 0 Å². The van der Waals surface area contributed by atoms with Crippen LogP contribution in [0.15, 0.2) is 29.2 Å². The Morgan fingerprint density at radius 3 is 2.45 bits per heavy atom. The lowest BCUT2D eigenvalue weighted by molar-refractivity contribution is -0.120. The van der Waals surface area contributed by atoms with Crippen LogP contribution in [0.5, 0.6) is 0 Å². The number of hydrogen-bond donors (Lipinski definition) is 3. The largest absolute Gasteiger partial charge is 0.328 e. The maximum absolute atomic E-state index is 12.1. The van der Waals surface area contributed by atoms with E-state index in [1.54, 1.807) is 12.1 Å². The first-order valence-electron chi connectivity index (χ1n) is 6.55. The van der Waals surface area contributed by atoms with Gasteiger partial charge in [0.1, 0.15) is 0 Å². The summed E-state index contributed by atoms with van der Waals surface area (Å²) in [5.74, 6) is -0.156. The van der Waals surface area contributed by atoms with Crippen LogP contribution in [0.4, 0.5) is 5.69 Å². The SMILES string of the molecule is NC1CCC(C(=O)Nc2cccc(S(N)(=O)=O)c2)CC1. The maximum Gasteiger partial charge on any atom is 0.238 e. The number of amides is 1. The highest BCUT2D eigenvalue weighted by Crippen LogP contribution is 2.25. The molecule has 1 aromatic carbocycles. The summed E-state index contributed by atoms with van der Waals surface area (Å²) >= 11 is 0. The summed E-state index contributed by atoms with van der Waals surface area (Å²) in [6.45, 7) is 0. The molecule has 0 atom stereocenters. The minimum absolute atomic E-state index is 0.0130. The molecule has 1 amide bonds. The van der Waals surface area contributed by atoms with Gasteiger partial charge in [0.2, 0.25) is 15.9 Å². The molecule has 2 rings (SSSR count). The number of nitrogens with two attached hydrogens (primary N) is 2. The Kier molecular flexibility index (Phi) is 4.42. The third-order valence-electron chi connectivity index (χ3n) is 3.57. The molecule has 5 N–H and O–H groups in total. The molecular formula is C13H19N3O3S. The van der Waals surface area contributed by atoms with Gasteiger partial charge in [-0.15, -0.1) is 0 Å². The molecule has 1 saturated carbocycles. The van der Waals surface area contributed by atoms with Crippen LogP contribution in [0.25, 0.3) is 0 Å². The van der Waals surface area contributed by atoms with Gasteiger partial charge in [0.25, 0.3) is 0 Å². The van der Waals surface area contributed by atoms with E-state index in [2.05, 4.69) is 5.32 Å². The van der Waals surface area contributed by atoms with Crippen molar-refractivity contribution in [2.45, 2.75) is 36.6 Å². The first-order valence-corrected chi connectivity index (χ1v) is 8.10. The van der Waals surface area contributed by atoms with Crippen LogP contribution in [0.1, 0.15) is 25.7 Å². The van der Waals surface area contributed by atoms with Crippen molar-refractivity contribution in [2.24, 2.45) is 16.8 Å². The van der Waals surface area contributed by atoms with Crippen molar-refractivity contribution >= 4 is 21.6 Å². The van der Waals surface area contributed by atoms with Crippen LogP contribution in [-0.2, 0) is 14.8 Å². The highest BCUT2D eigenvalue weighted by Gasteiger charge is 2.24. The molecular weight excluding hydrogens is 278 g/mol. The highest BCUT2D eigenvalue weighted by atomic mass is 32.2. The molecule has 0 bridgehead atoms. The zero-order chi connectivity index (χ0) is 14.8. The molecule has 0 unspecified atom stereocenters. The fraction of sp³-hybridized carbons (Fsp3) is 0.462. The molecule has 1 aliphatic rings. The molecule has 1 aliphatic carbocycles. The normalized spacial score (nSPS) is 23.3. The second-order valence-electron chi connectivity index (χ2n) is 5.17.